The van der Waals surface area contributed by atoms with Crippen molar-refractivity contribution in [1.29, 1.82) is 5.26 Å². The number of alkyl carbamates (subject to hydrolysis) is 1. The number of nitrogens with two attached hydrogens (primary N) is 1. The van der Waals surface area contributed by atoms with Crippen LogP contribution in [0.5, 0.6) is 0 Å². The lowest BCUT2D eigenvalue weighted by Crippen LogP contribution is -2.54. The molecule has 36 heavy (non-hydrogen) atoms. The van der Waals surface area contributed by atoms with E-state index in [1.54, 1.807) is 45.0 Å². The number of benzene rings is 1. The van der Waals surface area contributed by atoms with Gasteiger partial charge >= 0.3 is 12.1 Å². The summed E-state index contributed by atoms with van der Waals surface area (Å²) < 4.78 is 9.70. The average Bonchev–Trinajstić information content (AvgIpc) is 2.80. The molecule has 0 spiro atoms. The summed E-state index contributed by atoms with van der Waals surface area (Å²) in [7, 11) is 1.15. The van der Waals surface area contributed by atoms with Crippen LogP contribution in [-0.4, -0.2) is 66.5 Å². The second-order valence-corrected chi connectivity index (χ2v) is 8.79. The van der Waals surface area contributed by atoms with Gasteiger partial charge in [0.05, 0.1) is 19.6 Å². The van der Waals surface area contributed by atoms with E-state index in [1.165, 1.54) is 0 Å². The zero-order valence-corrected chi connectivity index (χ0v) is 21.1. The van der Waals surface area contributed by atoms with Crippen molar-refractivity contribution < 1.29 is 33.4 Å². The van der Waals surface area contributed by atoms with Crippen molar-refractivity contribution in [3.05, 3.63) is 35.4 Å². The molecule has 1 rings (SSSR count). The van der Waals surface area contributed by atoms with Crippen molar-refractivity contribution in [1.82, 2.24) is 15.5 Å². The highest BCUT2D eigenvalue weighted by molar-refractivity contribution is 5.95. The maximum absolute atomic E-state index is 13.5. The molecular formula is C24H33N5O7. The van der Waals surface area contributed by atoms with E-state index < -0.39 is 67.0 Å². The van der Waals surface area contributed by atoms with E-state index in [0.717, 1.165) is 24.0 Å². The predicted molar refractivity (Wildman–Crippen MR) is 128 cm³/mol. The highest BCUT2D eigenvalue weighted by atomic mass is 16.6. The Balaban J connectivity index is 3.44. The molecule has 4 amide bonds. The lowest BCUT2D eigenvalue weighted by atomic mass is 10.00. The summed E-state index contributed by atoms with van der Waals surface area (Å²) in [4.78, 5) is 63.2. The number of amides is 4. The number of nitriles is 1. The van der Waals surface area contributed by atoms with E-state index in [1.807, 2.05) is 13.0 Å². The van der Waals surface area contributed by atoms with E-state index in [2.05, 4.69) is 15.4 Å². The van der Waals surface area contributed by atoms with Gasteiger partial charge in [-0.05, 0) is 38.3 Å². The van der Waals surface area contributed by atoms with Gasteiger partial charge in [-0.3, -0.25) is 19.2 Å². The summed E-state index contributed by atoms with van der Waals surface area (Å²) in [5.74, 6) is -3.32. The Hall–Kier alpha value is -4.14. The third-order valence-corrected chi connectivity index (χ3v) is 4.82. The van der Waals surface area contributed by atoms with Crippen LogP contribution in [0, 0.1) is 11.3 Å². The molecular weight excluding hydrogens is 470 g/mol. The summed E-state index contributed by atoms with van der Waals surface area (Å²) in [6, 6.07) is 5.67. The van der Waals surface area contributed by atoms with Gasteiger partial charge in [0.2, 0.25) is 17.7 Å². The van der Waals surface area contributed by atoms with Gasteiger partial charge in [0, 0.05) is 0 Å². The standard InChI is InChI=1S/C24H33N5O7/c1-6-15-7-9-16(10-8-15)20(21(32)27-14-19(31)35-5)29(12-11-25)22(33)17(13-18(26)30)28-23(34)36-24(2,3)4/h7-10,17,20H,6,12-14H2,1-5H3,(H2,26,30)(H,27,32)(H,28,34). The second kappa shape index (κ2) is 13.7. The Bertz CT molecular complexity index is 996. The van der Waals surface area contributed by atoms with Crippen molar-refractivity contribution in [3.8, 4) is 6.07 Å². The van der Waals surface area contributed by atoms with Crippen LogP contribution < -0.4 is 16.4 Å². The Morgan fingerprint density at radius 3 is 2.22 bits per heavy atom. The minimum Gasteiger partial charge on any atom is -0.468 e. The van der Waals surface area contributed by atoms with Crippen LogP contribution in [0.25, 0.3) is 0 Å². The summed E-state index contributed by atoms with van der Waals surface area (Å²) in [5.41, 5.74) is 5.69. The molecule has 1 aromatic carbocycles. The number of carbonyl (C=O) groups is 5. The van der Waals surface area contributed by atoms with E-state index in [0.29, 0.717) is 5.56 Å². The van der Waals surface area contributed by atoms with Gasteiger partial charge in [-0.15, -0.1) is 0 Å². The van der Waals surface area contributed by atoms with Gasteiger partial charge in [-0.2, -0.15) is 5.26 Å². The lowest BCUT2D eigenvalue weighted by Gasteiger charge is -2.32. The first-order valence-electron chi connectivity index (χ1n) is 11.2. The Labute approximate surface area is 210 Å². The summed E-state index contributed by atoms with van der Waals surface area (Å²) in [5, 5.41) is 14.1. The Morgan fingerprint density at radius 1 is 1.14 bits per heavy atom. The van der Waals surface area contributed by atoms with Crippen LogP contribution >= 0.6 is 0 Å². The number of aryl methyl sites for hydroxylation is 1. The number of esters is 1. The summed E-state index contributed by atoms with van der Waals surface area (Å²) in [6.07, 6.45) is -0.871. The summed E-state index contributed by atoms with van der Waals surface area (Å²) >= 11 is 0. The zero-order chi connectivity index (χ0) is 27.5. The summed E-state index contributed by atoms with van der Waals surface area (Å²) in [6.45, 7) is 5.73. The lowest BCUT2D eigenvalue weighted by molar-refractivity contribution is -0.144. The quantitative estimate of drug-likeness (QED) is 0.291. The number of ether oxygens (including phenoxy) is 2. The number of nitrogens with one attached hydrogen (secondary N) is 2. The fraction of sp³-hybridized carbons (Fsp3) is 0.500. The third kappa shape index (κ3) is 9.61. The number of carbonyl (C=O) groups excluding carboxylic acids is 5. The monoisotopic (exact) mass is 503 g/mol. The maximum atomic E-state index is 13.5. The van der Waals surface area contributed by atoms with Crippen LogP contribution in [0.2, 0.25) is 0 Å². The molecule has 0 heterocycles. The molecule has 4 N–H and O–H groups in total. The Morgan fingerprint density at radius 2 is 1.75 bits per heavy atom. The smallest absolute Gasteiger partial charge is 0.408 e. The molecule has 196 valence electrons. The van der Waals surface area contributed by atoms with Gasteiger partial charge in [-0.1, -0.05) is 31.2 Å². The normalized spacial score (nSPS) is 12.3. The van der Waals surface area contributed by atoms with Gasteiger partial charge in [-0.25, -0.2) is 4.79 Å². The molecule has 0 saturated heterocycles. The molecule has 0 saturated carbocycles. The maximum Gasteiger partial charge on any atom is 0.408 e. The highest BCUT2D eigenvalue weighted by Gasteiger charge is 2.37. The van der Waals surface area contributed by atoms with Crippen LogP contribution in [0.4, 0.5) is 4.79 Å². The number of nitrogens with zero attached hydrogens (tertiary/aromatic N) is 2. The fourth-order valence-electron chi connectivity index (χ4n) is 3.16. The van der Waals surface area contributed by atoms with E-state index in [4.69, 9.17) is 10.5 Å². The molecule has 0 aliphatic rings. The van der Waals surface area contributed by atoms with Crippen molar-refractivity contribution in [3.63, 3.8) is 0 Å². The minimum absolute atomic E-state index is 0.341. The zero-order valence-electron chi connectivity index (χ0n) is 21.1. The first-order chi connectivity index (χ1) is 16.8. The first kappa shape index (κ1) is 29.9. The van der Waals surface area contributed by atoms with Crippen molar-refractivity contribution in [2.45, 2.75) is 58.2 Å². The number of primary amides is 1. The van der Waals surface area contributed by atoms with Gasteiger partial charge in [0.1, 0.15) is 30.8 Å². The topological polar surface area (TPSA) is 181 Å². The van der Waals surface area contributed by atoms with E-state index >= 15 is 0 Å². The number of methoxy groups -OCH3 is 1. The third-order valence-electron chi connectivity index (χ3n) is 4.82. The van der Waals surface area contributed by atoms with Crippen molar-refractivity contribution in [2.24, 2.45) is 5.73 Å². The van der Waals surface area contributed by atoms with E-state index in [-0.39, 0.29) is 0 Å². The molecule has 1 aromatic rings. The predicted octanol–water partition coefficient (Wildman–Crippen LogP) is 0.700. The van der Waals surface area contributed by atoms with Crippen LogP contribution in [0.15, 0.2) is 24.3 Å². The SMILES string of the molecule is CCc1ccc(C(C(=O)NCC(=O)OC)N(CC#N)C(=O)C(CC(N)=O)NC(=O)OC(C)(C)C)cc1. The molecule has 0 fully saturated rings. The number of hydrogen-bond donors (Lipinski definition) is 3. The molecule has 12 heteroatoms. The molecule has 2 unspecified atom stereocenters. The van der Waals surface area contributed by atoms with Crippen LogP contribution in [-0.2, 0) is 35.1 Å². The fourth-order valence-corrected chi connectivity index (χ4v) is 3.16. The highest BCUT2D eigenvalue weighted by Crippen LogP contribution is 2.23. The van der Waals surface area contributed by atoms with Crippen molar-refractivity contribution >= 4 is 29.8 Å². The number of rotatable bonds is 11. The minimum atomic E-state index is -1.52. The largest absolute Gasteiger partial charge is 0.468 e. The van der Waals surface area contributed by atoms with Gasteiger partial charge in [0.15, 0.2) is 0 Å². The van der Waals surface area contributed by atoms with Gasteiger partial charge in [0.25, 0.3) is 0 Å². The van der Waals surface area contributed by atoms with Crippen LogP contribution in [0.3, 0.4) is 0 Å². The molecule has 0 aliphatic carbocycles. The van der Waals surface area contributed by atoms with Crippen molar-refractivity contribution in [2.75, 3.05) is 20.2 Å². The Kier molecular flexibility index (Phi) is 11.4. The number of hydrogen-bond acceptors (Lipinski definition) is 8. The molecule has 2 atom stereocenters. The van der Waals surface area contributed by atoms with Gasteiger partial charge < -0.3 is 30.7 Å². The van der Waals surface area contributed by atoms with Crippen LogP contribution in [0.1, 0.15) is 51.3 Å². The first-order valence-corrected chi connectivity index (χ1v) is 11.2. The molecule has 0 aromatic heterocycles. The average molecular weight is 504 g/mol. The van der Waals surface area contributed by atoms with E-state index in [9.17, 15) is 29.2 Å². The molecule has 0 bridgehead atoms. The second-order valence-electron chi connectivity index (χ2n) is 8.79. The molecule has 12 nitrogen and oxygen atoms in total. The molecule has 0 aliphatic heterocycles. The molecule has 0 radical (unpaired) electrons.